The summed E-state index contributed by atoms with van der Waals surface area (Å²) in [4.78, 5) is 18.8. The molecule has 21 heavy (non-hydrogen) atoms. The summed E-state index contributed by atoms with van der Waals surface area (Å²) < 4.78 is 0.918. The molecular weight excluding hydrogens is 328 g/mol. The van der Waals surface area contributed by atoms with Gasteiger partial charge in [0, 0.05) is 35.0 Å². The largest absolute Gasteiger partial charge is 0.332 e. The van der Waals surface area contributed by atoms with Crippen LogP contribution in [0.1, 0.15) is 35.3 Å². The second kappa shape index (κ2) is 6.85. The number of carbonyl (C=O) groups is 1. The third kappa shape index (κ3) is 3.91. The van der Waals surface area contributed by atoms with Crippen LogP contribution in [-0.4, -0.2) is 21.8 Å². The smallest absolute Gasteiger partial charge is 0.254 e. The van der Waals surface area contributed by atoms with Crippen molar-refractivity contribution in [2.45, 2.75) is 33.4 Å². The van der Waals surface area contributed by atoms with Gasteiger partial charge in [0.05, 0.1) is 0 Å². The zero-order valence-corrected chi connectivity index (χ0v) is 14.1. The average molecular weight is 347 g/mol. The molecule has 0 fully saturated rings. The minimum atomic E-state index is 0.0488. The molecule has 2 rings (SSSR count). The molecule has 3 nitrogen and oxygen atoms in total. The van der Waals surface area contributed by atoms with Crippen molar-refractivity contribution in [1.29, 1.82) is 0 Å². The minimum absolute atomic E-state index is 0.0488. The molecule has 0 saturated carbocycles. The number of halogens is 1. The summed E-state index contributed by atoms with van der Waals surface area (Å²) in [6, 6.07) is 9.80. The summed E-state index contributed by atoms with van der Waals surface area (Å²) in [6.07, 6.45) is 3.54. The maximum Gasteiger partial charge on any atom is 0.254 e. The van der Waals surface area contributed by atoms with E-state index in [1.807, 2.05) is 56.0 Å². The zero-order valence-electron chi connectivity index (χ0n) is 12.5. The van der Waals surface area contributed by atoms with E-state index in [1.165, 1.54) is 0 Å². The number of nitrogens with zero attached hydrogens (tertiary/aromatic N) is 2. The first-order valence-electron chi connectivity index (χ1n) is 6.95. The number of aryl methyl sites for hydroxylation is 1. The van der Waals surface area contributed by atoms with E-state index in [4.69, 9.17) is 0 Å². The van der Waals surface area contributed by atoms with E-state index in [9.17, 15) is 4.79 Å². The molecule has 0 spiro atoms. The molecule has 4 heteroatoms. The molecular formula is C17H19BrN2O. The van der Waals surface area contributed by atoms with E-state index >= 15 is 0 Å². The van der Waals surface area contributed by atoms with Gasteiger partial charge >= 0.3 is 0 Å². The van der Waals surface area contributed by atoms with E-state index in [0.29, 0.717) is 6.54 Å². The number of pyridine rings is 1. The van der Waals surface area contributed by atoms with Gasteiger partial charge < -0.3 is 4.90 Å². The maximum atomic E-state index is 12.8. The molecule has 0 aliphatic rings. The fraction of sp³-hybridized carbons (Fsp3) is 0.294. The minimum Gasteiger partial charge on any atom is -0.332 e. The Bertz CT molecular complexity index is 626. The highest BCUT2D eigenvalue weighted by atomic mass is 79.9. The molecule has 0 N–H and O–H groups in total. The van der Waals surface area contributed by atoms with Crippen LogP contribution < -0.4 is 0 Å². The molecule has 1 aromatic heterocycles. The number of amides is 1. The number of aromatic nitrogens is 1. The van der Waals surface area contributed by atoms with Crippen LogP contribution >= 0.6 is 15.9 Å². The predicted molar refractivity (Wildman–Crippen MR) is 88.1 cm³/mol. The quantitative estimate of drug-likeness (QED) is 0.830. The number of carbonyl (C=O) groups excluding carboxylic acids is 1. The number of hydrogen-bond acceptors (Lipinski definition) is 2. The third-order valence-corrected chi connectivity index (χ3v) is 3.88. The van der Waals surface area contributed by atoms with Crippen molar-refractivity contribution in [2.75, 3.05) is 0 Å². The Hall–Kier alpha value is -1.68. The van der Waals surface area contributed by atoms with Gasteiger partial charge in [-0.1, -0.05) is 28.1 Å². The first kappa shape index (κ1) is 15.7. The molecule has 0 saturated heterocycles. The Balaban J connectivity index is 2.30. The second-order valence-corrected chi connectivity index (χ2v) is 6.26. The second-order valence-electron chi connectivity index (χ2n) is 5.35. The van der Waals surface area contributed by atoms with Crippen molar-refractivity contribution in [2.24, 2.45) is 0 Å². The van der Waals surface area contributed by atoms with E-state index in [-0.39, 0.29) is 11.9 Å². The normalized spacial score (nSPS) is 10.7. The number of benzene rings is 1. The number of hydrogen-bond donors (Lipinski definition) is 0. The summed E-state index contributed by atoms with van der Waals surface area (Å²) in [6.45, 7) is 6.59. The van der Waals surface area contributed by atoms with Gasteiger partial charge in [-0.05, 0) is 50.1 Å². The molecule has 0 aliphatic carbocycles. The van der Waals surface area contributed by atoms with Crippen molar-refractivity contribution in [3.63, 3.8) is 0 Å². The zero-order chi connectivity index (χ0) is 15.4. The van der Waals surface area contributed by atoms with Gasteiger partial charge in [0.25, 0.3) is 5.91 Å². The van der Waals surface area contributed by atoms with Crippen molar-refractivity contribution in [3.05, 3.63) is 63.9 Å². The fourth-order valence-corrected chi connectivity index (χ4v) is 2.52. The third-order valence-electron chi connectivity index (χ3n) is 3.39. The maximum absolute atomic E-state index is 12.8. The summed E-state index contributed by atoms with van der Waals surface area (Å²) in [7, 11) is 0. The lowest BCUT2D eigenvalue weighted by atomic mass is 10.1. The van der Waals surface area contributed by atoms with Crippen molar-refractivity contribution >= 4 is 21.8 Å². The summed E-state index contributed by atoms with van der Waals surface area (Å²) in [5.41, 5.74) is 2.76. The average Bonchev–Trinajstić information content (AvgIpc) is 2.47. The molecule has 1 amide bonds. The van der Waals surface area contributed by atoms with Gasteiger partial charge in [0.15, 0.2) is 0 Å². The van der Waals surface area contributed by atoms with Crippen LogP contribution in [0, 0.1) is 6.92 Å². The van der Waals surface area contributed by atoms with E-state index < -0.39 is 0 Å². The molecule has 0 aliphatic heterocycles. The molecule has 0 unspecified atom stereocenters. The van der Waals surface area contributed by atoms with Crippen molar-refractivity contribution < 1.29 is 4.79 Å². The molecule has 2 aromatic rings. The molecule has 0 atom stereocenters. The Morgan fingerprint density at radius 3 is 2.71 bits per heavy atom. The highest BCUT2D eigenvalue weighted by Crippen LogP contribution is 2.20. The SMILES string of the molecule is Cc1ccc(Br)cc1C(=O)N(Cc1cccnc1)C(C)C. The van der Waals surface area contributed by atoms with Crippen LogP contribution in [0.3, 0.4) is 0 Å². The first-order chi connectivity index (χ1) is 9.99. The van der Waals surface area contributed by atoms with Crippen LogP contribution in [-0.2, 0) is 6.54 Å². The lowest BCUT2D eigenvalue weighted by Gasteiger charge is -2.27. The highest BCUT2D eigenvalue weighted by molar-refractivity contribution is 9.10. The van der Waals surface area contributed by atoms with Gasteiger partial charge in [0.2, 0.25) is 0 Å². The van der Waals surface area contributed by atoms with Crippen molar-refractivity contribution in [1.82, 2.24) is 9.88 Å². The van der Waals surface area contributed by atoms with Gasteiger partial charge in [-0.15, -0.1) is 0 Å². The summed E-state index contributed by atoms with van der Waals surface area (Å²) in [5.74, 6) is 0.0488. The molecule has 1 heterocycles. The molecule has 110 valence electrons. The summed E-state index contributed by atoms with van der Waals surface area (Å²) >= 11 is 3.44. The van der Waals surface area contributed by atoms with Crippen LogP contribution in [0.15, 0.2) is 47.2 Å². The standard InChI is InChI=1S/C17H19BrN2O/c1-12(2)20(11-14-5-4-8-19-10-14)17(21)16-9-15(18)7-6-13(16)3/h4-10,12H,11H2,1-3H3. The predicted octanol–water partition coefficient (Wildman–Crippen LogP) is 4.20. The van der Waals surface area contributed by atoms with Crippen molar-refractivity contribution in [3.8, 4) is 0 Å². The summed E-state index contributed by atoms with van der Waals surface area (Å²) in [5, 5.41) is 0. The van der Waals surface area contributed by atoms with Crippen LogP contribution in [0.2, 0.25) is 0 Å². The number of rotatable bonds is 4. The van der Waals surface area contributed by atoms with Crippen LogP contribution in [0.4, 0.5) is 0 Å². The van der Waals surface area contributed by atoms with Crippen LogP contribution in [0.25, 0.3) is 0 Å². The fourth-order valence-electron chi connectivity index (χ4n) is 2.16. The van der Waals surface area contributed by atoms with Gasteiger partial charge in [-0.25, -0.2) is 0 Å². The van der Waals surface area contributed by atoms with E-state index in [1.54, 1.807) is 12.4 Å². The van der Waals surface area contributed by atoms with E-state index in [2.05, 4.69) is 20.9 Å². The molecule has 1 aromatic carbocycles. The molecule has 0 radical (unpaired) electrons. The topological polar surface area (TPSA) is 33.2 Å². The Morgan fingerprint density at radius 2 is 2.10 bits per heavy atom. The van der Waals surface area contributed by atoms with Gasteiger partial charge in [0.1, 0.15) is 0 Å². The van der Waals surface area contributed by atoms with Gasteiger partial charge in [-0.2, -0.15) is 0 Å². The van der Waals surface area contributed by atoms with E-state index in [0.717, 1.165) is 21.2 Å². The lowest BCUT2D eigenvalue weighted by molar-refractivity contribution is 0.0689. The first-order valence-corrected chi connectivity index (χ1v) is 7.74. The van der Waals surface area contributed by atoms with Gasteiger partial charge in [-0.3, -0.25) is 9.78 Å². The monoisotopic (exact) mass is 346 g/mol. The van der Waals surface area contributed by atoms with Crippen LogP contribution in [0.5, 0.6) is 0 Å². The molecule has 0 bridgehead atoms. The lowest BCUT2D eigenvalue weighted by Crippen LogP contribution is -2.36. The Labute approximate surface area is 134 Å². The highest BCUT2D eigenvalue weighted by Gasteiger charge is 2.20. The Kier molecular flexibility index (Phi) is 5.12. The Morgan fingerprint density at radius 1 is 1.33 bits per heavy atom.